The molecule has 0 saturated carbocycles. The van der Waals surface area contributed by atoms with E-state index in [-0.39, 0.29) is 5.91 Å². The third-order valence-electron chi connectivity index (χ3n) is 4.66. The van der Waals surface area contributed by atoms with Crippen LogP contribution in [0.25, 0.3) is 0 Å². The van der Waals surface area contributed by atoms with Crippen LogP contribution in [0.4, 0.5) is 0 Å². The average Bonchev–Trinajstić information content (AvgIpc) is 3.07. The van der Waals surface area contributed by atoms with Gasteiger partial charge in [-0.15, -0.1) is 0 Å². The number of nitrogens with zero attached hydrogens (tertiary/aromatic N) is 3. The van der Waals surface area contributed by atoms with Gasteiger partial charge in [-0.3, -0.25) is 9.48 Å². The van der Waals surface area contributed by atoms with Crippen LogP contribution in [-0.4, -0.2) is 46.9 Å². The molecule has 2 aliphatic heterocycles. The van der Waals surface area contributed by atoms with Crippen molar-refractivity contribution in [3.05, 3.63) is 41.7 Å². The second kappa shape index (κ2) is 6.19. The van der Waals surface area contributed by atoms with Crippen molar-refractivity contribution in [3.63, 3.8) is 0 Å². The first kappa shape index (κ1) is 15.1. The fraction of sp³-hybridized carbons (Fsp3) is 0.444. The van der Waals surface area contributed by atoms with Gasteiger partial charge in [-0.25, -0.2) is 0 Å². The zero-order chi connectivity index (χ0) is 16.5. The summed E-state index contributed by atoms with van der Waals surface area (Å²) < 4.78 is 13.1. The summed E-state index contributed by atoms with van der Waals surface area (Å²) in [6, 6.07) is 7.55. The highest BCUT2D eigenvalue weighted by molar-refractivity contribution is 5.98. The third kappa shape index (κ3) is 2.72. The highest BCUT2D eigenvalue weighted by Gasteiger charge is 2.29. The van der Waals surface area contributed by atoms with Gasteiger partial charge in [-0.1, -0.05) is 6.07 Å². The van der Waals surface area contributed by atoms with Gasteiger partial charge in [0, 0.05) is 32.3 Å². The van der Waals surface area contributed by atoms with Crippen molar-refractivity contribution in [2.45, 2.75) is 18.8 Å². The quantitative estimate of drug-likeness (QED) is 0.849. The minimum Gasteiger partial charge on any atom is -0.486 e. The Morgan fingerprint density at radius 1 is 1.25 bits per heavy atom. The van der Waals surface area contributed by atoms with E-state index in [0.29, 0.717) is 42.7 Å². The van der Waals surface area contributed by atoms with Gasteiger partial charge in [0.2, 0.25) is 0 Å². The summed E-state index contributed by atoms with van der Waals surface area (Å²) in [5, 5.41) is 4.51. The summed E-state index contributed by atoms with van der Waals surface area (Å²) in [5.41, 5.74) is 1.65. The Balaban J connectivity index is 1.56. The van der Waals surface area contributed by atoms with Crippen molar-refractivity contribution in [2.75, 3.05) is 26.3 Å². The summed E-state index contributed by atoms with van der Waals surface area (Å²) >= 11 is 0. The molecule has 1 aromatic carbocycles. The summed E-state index contributed by atoms with van der Waals surface area (Å²) in [4.78, 5) is 14.9. The largest absolute Gasteiger partial charge is 0.486 e. The molecule has 2 aromatic rings. The number of piperidine rings is 1. The number of hydrogen-bond acceptors (Lipinski definition) is 4. The second-order valence-electron chi connectivity index (χ2n) is 6.33. The van der Waals surface area contributed by atoms with Crippen molar-refractivity contribution in [2.24, 2.45) is 7.05 Å². The third-order valence-corrected chi connectivity index (χ3v) is 4.66. The molecule has 1 saturated heterocycles. The minimum absolute atomic E-state index is 0.0120. The Bertz CT molecular complexity index is 756. The molecule has 1 amide bonds. The number of ether oxygens (including phenoxy) is 2. The first-order chi connectivity index (χ1) is 11.7. The van der Waals surface area contributed by atoms with Crippen molar-refractivity contribution in [1.82, 2.24) is 14.7 Å². The minimum atomic E-state index is 0.0120. The standard InChI is InChI=1S/C18H21N3O3/c1-20-9-7-15(19-20)13-4-3-8-21(12-13)18(22)14-5-2-6-16-17(14)24-11-10-23-16/h2,5-7,9,13H,3-4,8,10-12H2,1H3/t13-/m1/s1. The first-order valence-electron chi connectivity index (χ1n) is 8.40. The molecule has 3 heterocycles. The predicted octanol–water partition coefficient (Wildman–Crippen LogP) is 2.21. The lowest BCUT2D eigenvalue weighted by Gasteiger charge is -2.33. The molecule has 24 heavy (non-hydrogen) atoms. The maximum Gasteiger partial charge on any atom is 0.257 e. The number of likely N-dealkylation sites (tertiary alicyclic amines) is 1. The van der Waals surface area contributed by atoms with Crippen LogP contribution in [0.5, 0.6) is 11.5 Å². The van der Waals surface area contributed by atoms with Crippen molar-refractivity contribution < 1.29 is 14.3 Å². The molecule has 1 aromatic heterocycles. The number of fused-ring (bicyclic) bond motifs is 1. The summed E-state index contributed by atoms with van der Waals surface area (Å²) in [6.07, 6.45) is 4.00. The maximum absolute atomic E-state index is 13.0. The molecule has 6 heteroatoms. The predicted molar refractivity (Wildman–Crippen MR) is 88.5 cm³/mol. The number of aryl methyl sites for hydroxylation is 1. The van der Waals surface area contributed by atoms with E-state index in [4.69, 9.17) is 9.47 Å². The molecule has 0 unspecified atom stereocenters. The molecule has 4 rings (SSSR count). The molecule has 126 valence electrons. The Morgan fingerprint density at radius 3 is 2.96 bits per heavy atom. The lowest BCUT2D eigenvalue weighted by Crippen LogP contribution is -2.39. The smallest absolute Gasteiger partial charge is 0.257 e. The topological polar surface area (TPSA) is 56.6 Å². The van der Waals surface area contributed by atoms with Crippen LogP contribution in [0.15, 0.2) is 30.5 Å². The van der Waals surface area contributed by atoms with Crippen LogP contribution in [0, 0.1) is 0 Å². The highest BCUT2D eigenvalue weighted by atomic mass is 16.6. The van der Waals surface area contributed by atoms with Gasteiger partial charge in [0.25, 0.3) is 5.91 Å². The SMILES string of the molecule is Cn1ccc([C@@H]2CCCN(C(=O)c3cccc4c3OCCO4)C2)n1. The molecular formula is C18H21N3O3. The van der Waals surface area contributed by atoms with Gasteiger partial charge >= 0.3 is 0 Å². The summed E-state index contributed by atoms with van der Waals surface area (Å²) in [5.74, 6) is 1.54. The second-order valence-corrected chi connectivity index (χ2v) is 6.33. The summed E-state index contributed by atoms with van der Waals surface area (Å²) in [7, 11) is 1.92. The Morgan fingerprint density at radius 2 is 2.12 bits per heavy atom. The van der Waals surface area contributed by atoms with Gasteiger partial charge in [-0.05, 0) is 31.0 Å². The number of benzene rings is 1. The van der Waals surface area contributed by atoms with E-state index in [9.17, 15) is 4.79 Å². The summed E-state index contributed by atoms with van der Waals surface area (Å²) in [6.45, 7) is 2.47. The van der Waals surface area contributed by atoms with Crippen molar-refractivity contribution in [1.29, 1.82) is 0 Å². The van der Waals surface area contributed by atoms with Crippen LogP contribution in [0.2, 0.25) is 0 Å². The van der Waals surface area contributed by atoms with Crippen LogP contribution in [0.1, 0.15) is 34.8 Å². The molecule has 0 aliphatic carbocycles. The fourth-order valence-electron chi connectivity index (χ4n) is 3.47. The van der Waals surface area contributed by atoms with Gasteiger partial charge in [-0.2, -0.15) is 5.10 Å². The normalized spacial score (nSPS) is 20.0. The molecule has 0 radical (unpaired) electrons. The molecule has 1 fully saturated rings. The van der Waals surface area contributed by atoms with Crippen LogP contribution in [0.3, 0.4) is 0 Å². The lowest BCUT2D eigenvalue weighted by molar-refractivity contribution is 0.0695. The molecule has 1 atom stereocenters. The molecule has 2 aliphatic rings. The van der Waals surface area contributed by atoms with E-state index in [2.05, 4.69) is 5.10 Å². The van der Waals surface area contributed by atoms with Crippen LogP contribution < -0.4 is 9.47 Å². The van der Waals surface area contributed by atoms with E-state index in [1.807, 2.05) is 47.1 Å². The van der Waals surface area contributed by atoms with Crippen LogP contribution in [-0.2, 0) is 7.05 Å². The number of aromatic nitrogens is 2. The van der Waals surface area contributed by atoms with Crippen molar-refractivity contribution in [3.8, 4) is 11.5 Å². The van der Waals surface area contributed by atoms with Gasteiger partial charge < -0.3 is 14.4 Å². The fourth-order valence-corrected chi connectivity index (χ4v) is 3.47. The number of para-hydroxylation sites is 1. The van der Waals surface area contributed by atoms with E-state index in [1.165, 1.54) is 0 Å². The highest BCUT2D eigenvalue weighted by Crippen LogP contribution is 2.35. The zero-order valence-corrected chi connectivity index (χ0v) is 13.8. The van der Waals surface area contributed by atoms with Crippen molar-refractivity contribution >= 4 is 5.91 Å². The average molecular weight is 327 g/mol. The molecule has 6 nitrogen and oxygen atoms in total. The number of carbonyl (C=O) groups is 1. The molecule has 0 spiro atoms. The molecule has 0 N–H and O–H groups in total. The van der Waals surface area contributed by atoms with E-state index in [0.717, 1.165) is 25.1 Å². The van der Waals surface area contributed by atoms with E-state index in [1.54, 1.807) is 0 Å². The van der Waals surface area contributed by atoms with E-state index >= 15 is 0 Å². The van der Waals surface area contributed by atoms with Crippen LogP contribution >= 0.6 is 0 Å². The zero-order valence-electron chi connectivity index (χ0n) is 13.8. The lowest BCUT2D eigenvalue weighted by atomic mass is 9.94. The Hall–Kier alpha value is -2.50. The van der Waals surface area contributed by atoms with Gasteiger partial charge in [0.1, 0.15) is 13.2 Å². The van der Waals surface area contributed by atoms with Gasteiger partial charge in [0.15, 0.2) is 11.5 Å². The number of amides is 1. The molecular weight excluding hydrogens is 306 g/mol. The Kier molecular flexibility index (Phi) is 3.88. The first-order valence-corrected chi connectivity index (χ1v) is 8.40. The maximum atomic E-state index is 13.0. The number of rotatable bonds is 2. The number of hydrogen-bond donors (Lipinski definition) is 0. The van der Waals surface area contributed by atoms with Gasteiger partial charge in [0.05, 0.1) is 11.3 Å². The molecule has 0 bridgehead atoms. The monoisotopic (exact) mass is 327 g/mol. The van der Waals surface area contributed by atoms with E-state index < -0.39 is 0 Å². The Labute approximate surface area is 141 Å². The number of carbonyl (C=O) groups excluding carboxylic acids is 1.